The van der Waals surface area contributed by atoms with Crippen LogP contribution in [0.2, 0.25) is 0 Å². The molecule has 8 N–H and O–H groups in total. The number of fused-ring (bicyclic) bond motifs is 1. The summed E-state index contributed by atoms with van der Waals surface area (Å²) >= 11 is 4.32. The second-order valence-electron chi connectivity index (χ2n) is 7.23. The molecule has 1 fully saturated rings. The summed E-state index contributed by atoms with van der Waals surface area (Å²) < 4.78 is 6.96. The van der Waals surface area contributed by atoms with E-state index in [2.05, 4.69) is 38.2 Å². The van der Waals surface area contributed by atoms with Crippen LogP contribution in [-0.4, -0.2) is 95.9 Å². The van der Waals surface area contributed by atoms with E-state index >= 15 is 0 Å². The fourth-order valence-electron chi connectivity index (χ4n) is 3.17. The molecule has 33 heavy (non-hydrogen) atoms. The number of nitrogens with one attached hydrogen (secondary N) is 2. The van der Waals surface area contributed by atoms with Crippen LogP contribution in [0, 0.1) is 0 Å². The summed E-state index contributed by atoms with van der Waals surface area (Å²) in [6.07, 6.45) is -0.258. The Morgan fingerprint density at radius 3 is 2.67 bits per heavy atom. The molecule has 1 amide bonds. The maximum atomic E-state index is 11.6. The Balaban J connectivity index is 1.61. The van der Waals surface area contributed by atoms with Gasteiger partial charge in [0.05, 0.1) is 25.4 Å². The van der Waals surface area contributed by atoms with Gasteiger partial charge in [-0.1, -0.05) is 12.2 Å². The smallest absolute Gasteiger partial charge is 0.305 e. The first-order valence-corrected chi connectivity index (χ1v) is 10.4. The highest BCUT2D eigenvalue weighted by Crippen LogP contribution is 2.32. The molecule has 0 radical (unpaired) electrons. The fourth-order valence-corrected chi connectivity index (χ4v) is 3.42. The van der Waals surface area contributed by atoms with E-state index < -0.39 is 55.5 Å². The summed E-state index contributed by atoms with van der Waals surface area (Å²) in [6.45, 7) is -0.0133. The number of aromatic nitrogens is 4. The van der Waals surface area contributed by atoms with Crippen LogP contribution >= 0.6 is 12.6 Å². The number of aliphatic hydroxyl groups is 3. The molecule has 0 aromatic carbocycles. The number of nitrogens with zero attached hydrogens (tertiary/aromatic N) is 4. The van der Waals surface area contributed by atoms with E-state index in [4.69, 9.17) is 15.6 Å². The van der Waals surface area contributed by atoms with Crippen LogP contribution in [0.1, 0.15) is 12.6 Å². The second-order valence-corrected chi connectivity index (χ2v) is 7.65. The largest absolute Gasteiger partial charge is 0.481 e. The van der Waals surface area contributed by atoms with Crippen molar-refractivity contribution in [3.63, 3.8) is 0 Å². The molecule has 15 heteroatoms. The van der Waals surface area contributed by atoms with E-state index in [0.29, 0.717) is 11.2 Å². The van der Waals surface area contributed by atoms with Crippen molar-refractivity contribution >= 4 is 41.6 Å². The van der Waals surface area contributed by atoms with Crippen molar-refractivity contribution < 1.29 is 34.8 Å². The van der Waals surface area contributed by atoms with Gasteiger partial charge in [-0.15, -0.1) is 12.6 Å². The Labute approximate surface area is 192 Å². The molecular weight excluding hydrogens is 458 g/mol. The number of aliphatic hydroxyl groups excluding tert-OH is 3. The summed E-state index contributed by atoms with van der Waals surface area (Å²) in [7, 11) is 0. The molecule has 14 nitrogen and oxygen atoms in total. The number of hydrogen-bond donors (Lipinski definition) is 8. The van der Waals surface area contributed by atoms with Gasteiger partial charge in [0.2, 0.25) is 11.9 Å². The number of thiol groups is 1. The summed E-state index contributed by atoms with van der Waals surface area (Å²) in [5, 5.41) is 43.9. The van der Waals surface area contributed by atoms with Gasteiger partial charge < -0.3 is 41.5 Å². The number of carboxylic acid groups (broad SMARTS) is 1. The lowest BCUT2D eigenvalue weighted by atomic mass is 10.1. The zero-order chi connectivity index (χ0) is 24.1. The molecule has 2 aromatic heterocycles. The van der Waals surface area contributed by atoms with Crippen LogP contribution in [0.3, 0.4) is 0 Å². The number of anilines is 1. The lowest BCUT2D eigenvalue weighted by Crippen LogP contribution is -2.41. The number of imidazole rings is 1. The van der Waals surface area contributed by atoms with Gasteiger partial charge >= 0.3 is 5.97 Å². The first-order chi connectivity index (χ1) is 15.7. The van der Waals surface area contributed by atoms with E-state index in [9.17, 15) is 24.9 Å². The molecule has 1 saturated heterocycles. The van der Waals surface area contributed by atoms with Gasteiger partial charge in [0, 0.05) is 13.1 Å². The quantitative estimate of drug-likeness (QED) is 0.101. The van der Waals surface area contributed by atoms with Gasteiger partial charge in [0.1, 0.15) is 28.9 Å². The zero-order valence-electron chi connectivity index (χ0n) is 17.3. The molecule has 0 saturated carbocycles. The number of amides is 1. The predicted octanol–water partition coefficient (Wildman–Crippen LogP) is -2.39. The van der Waals surface area contributed by atoms with Crippen molar-refractivity contribution in [3.8, 4) is 0 Å². The van der Waals surface area contributed by atoms with Gasteiger partial charge in [0.25, 0.3) is 0 Å². The standard InChI is InChI=1S/C18H25N7O7S/c19-8(5-10(27)28)15(31)20-3-1-2-4-21-18-23-14-11(16(33)24-18)22-7-25(14)17-13(30)12(29)9(6-26)32-17/h1-2,7-9,12-13,17,26,29-30H,3-6,19H2,(H,20,31)(H,27,28)(H2,21,23,24,33)/b2-1+/t8?,9-,12?,13+,17-/m1/s1. The number of carboxylic acids is 1. The minimum atomic E-state index is -1.30. The number of ether oxygens (including phenoxy) is 1. The zero-order valence-corrected chi connectivity index (χ0v) is 18.2. The molecular formula is C18H25N7O7S. The molecule has 0 spiro atoms. The van der Waals surface area contributed by atoms with Crippen LogP contribution in [-0.2, 0) is 14.3 Å². The van der Waals surface area contributed by atoms with Crippen LogP contribution in [0.5, 0.6) is 0 Å². The van der Waals surface area contributed by atoms with Crippen LogP contribution in [0.25, 0.3) is 11.2 Å². The molecule has 180 valence electrons. The minimum Gasteiger partial charge on any atom is -0.481 e. The first-order valence-electron chi connectivity index (χ1n) is 9.92. The maximum absolute atomic E-state index is 11.6. The average Bonchev–Trinajstić information content (AvgIpc) is 3.31. The van der Waals surface area contributed by atoms with Gasteiger partial charge in [-0.25, -0.2) is 9.97 Å². The molecule has 2 aromatic rings. The van der Waals surface area contributed by atoms with Gasteiger partial charge in [-0.3, -0.25) is 14.2 Å². The summed E-state index contributed by atoms with van der Waals surface area (Å²) in [6, 6.07) is -1.12. The predicted molar refractivity (Wildman–Crippen MR) is 116 cm³/mol. The van der Waals surface area contributed by atoms with Gasteiger partial charge in [0.15, 0.2) is 11.9 Å². The third-order valence-corrected chi connectivity index (χ3v) is 5.18. The van der Waals surface area contributed by atoms with Crippen molar-refractivity contribution in [2.75, 3.05) is 25.0 Å². The van der Waals surface area contributed by atoms with Crippen molar-refractivity contribution in [2.45, 2.75) is 42.0 Å². The molecule has 1 aliphatic heterocycles. The van der Waals surface area contributed by atoms with Crippen LogP contribution in [0.15, 0.2) is 23.5 Å². The number of carbonyl (C=O) groups is 2. The van der Waals surface area contributed by atoms with Gasteiger partial charge in [-0.05, 0) is 0 Å². The Hall–Kier alpha value is -2.82. The van der Waals surface area contributed by atoms with Crippen molar-refractivity contribution in [1.82, 2.24) is 24.8 Å². The molecule has 3 heterocycles. The highest BCUT2D eigenvalue weighted by Gasteiger charge is 2.44. The Morgan fingerprint density at radius 2 is 2.00 bits per heavy atom. The van der Waals surface area contributed by atoms with Gasteiger partial charge in [-0.2, -0.15) is 4.98 Å². The first kappa shape index (κ1) is 24.8. The number of nitrogens with two attached hydrogens (primary N) is 1. The molecule has 0 bridgehead atoms. The van der Waals surface area contributed by atoms with Crippen LogP contribution in [0.4, 0.5) is 5.95 Å². The Kier molecular flexibility index (Phi) is 8.17. The monoisotopic (exact) mass is 483 g/mol. The summed E-state index contributed by atoms with van der Waals surface area (Å²) in [4.78, 5) is 35.0. The van der Waals surface area contributed by atoms with Crippen molar-refractivity contribution in [1.29, 1.82) is 0 Å². The third-order valence-electron chi connectivity index (χ3n) is 4.86. The summed E-state index contributed by atoms with van der Waals surface area (Å²) in [5.74, 6) is -1.52. The minimum absolute atomic E-state index is 0.156. The van der Waals surface area contributed by atoms with E-state index in [1.165, 1.54) is 10.9 Å². The van der Waals surface area contributed by atoms with E-state index in [1.807, 2.05) is 0 Å². The van der Waals surface area contributed by atoms with E-state index in [-0.39, 0.29) is 24.1 Å². The highest BCUT2D eigenvalue weighted by molar-refractivity contribution is 7.80. The molecule has 0 aliphatic carbocycles. The SMILES string of the molecule is NC(CC(=O)O)C(=O)NC/C=C/CNc1nc(S)c2ncn([C@@H]3O[C@H](CO)C(O)[C@@H]3O)c2n1. The highest BCUT2D eigenvalue weighted by atomic mass is 32.1. The molecule has 3 rings (SSSR count). The summed E-state index contributed by atoms with van der Waals surface area (Å²) in [5.41, 5.74) is 6.12. The molecule has 1 aliphatic rings. The van der Waals surface area contributed by atoms with E-state index in [0.717, 1.165) is 0 Å². The maximum Gasteiger partial charge on any atom is 0.305 e. The lowest BCUT2D eigenvalue weighted by molar-refractivity contribution is -0.139. The lowest BCUT2D eigenvalue weighted by Gasteiger charge is -2.16. The third kappa shape index (κ3) is 5.76. The normalized spacial score (nSPS) is 23.8. The topological polar surface area (TPSA) is 218 Å². The van der Waals surface area contributed by atoms with Crippen LogP contribution < -0.4 is 16.4 Å². The Bertz CT molecular complexity index is 1030. The second kappa shape index (κ2) is 10.9. The molecule has 5 atom stereocenters. The number of carbonyl (C=O) groups excluding carboxylic acids is 1. The fraction of sp³-hybridized carbons (Fsp3) is 0.500. The molecule has 2 unspecified atom stereocenters. The number of aliphatic carboxylic acids is 1. The number of rotatable bonds is 10. The van der Waals surface area contributed by atoms with Crippen molar-refractivity contribution in [2.24, 2.45) is 5.73 Å². The Morgan fingerprint density at radius 1 is 1.27 bits per heavy atom. The number of hydrogen-bond acceptors (Lipinski definition) is 12. The average molecular weight is 484 g/mol. The van der Waals surface area contributed by atoms with Crippen molar-refractivity contribution in [3.05, 3.63) is 18.5 Å². The van der Waals surface area contributed by atoms with E-state index in [1.54, 1.807) is 12.2 Å².